The molecular weight excluding hydrogens is 115 g/mol. The normalized spacial score (nSPS) is 6.86. The van der Waals surface area contributed by atoms with Crippen molar-refractivity contribution in [1.82, 2.24) is 9.97 Å². The van der Waals surface area contributed by atoms with Crippen LogP contribution >= 0.6 is 0 Å². The van der Waals surface area contributed by atoms with E-state index in [0.29, 0.717) is 0 Å². The molecule has 0 aliphatic rings. The van der Waals surface area contributed by atoms with Crippen LogP contribution < -0.4 is 0 Å². The molecule has 0 unspecified atom stereocenters. The van der Waals surface area contributed by atoms with Gasteiger partial charge in [0.15, 0.2) is 0 Å². The molecule has 0 N–H and O–H groups in total. The molecule has 0 aromatic carbocycles. The van der Waals surface area contributed by atoms with Gasteiger partial charge in [-0.3, -0.25) is 9.97 Å². The topological polar surface area (TPSA) is 25.8 Å². The summed E-state index contributed by atoms with van der Waals surface area (Å²) < 4.78 is 0. The van der Waals surface area contributed by atoms with Gasteiger partial charge in [0.05, 0.1) is 0 Å². The van der Waals surface area contributed by atoms with Gasteiger partial charge in [-0.25, -0.2) is 0 Å². The van der Waals surface area contributed by atoms with Gasteiger partial charge in [0, 0.05) is 24.8 Å². The smallest absolute Gasteiger partial charge is 0.0451 e. The molecule has 0 radical (unpaired) electrons. The molecular formula is C4H5KN2. The minimum Gasteiger partial charge on any atom is -0.262 e. The van der Waals surface area contributed by atoms with Crippen LogP contribution in [0.25, 0.3) is 0 Å². The quantitative estimate of drug-likeness (QED) is 0.444. The summed E-state index contributed by atoms with van der Waals surface area (Å²) in [4.78, 5) is 7.44. The minimum absolute atomic E-state index is 0. The molecule has 0 aliphatic heterocycles. The Morgan fingerprint density at radius 2 is 1.00 bits per heavy atom. The molecule has 0 saturated heterocycles. The summed E-state index contributed by atoms with van der Waals surface area (Å²) in [6.45, 7) is 0. The Labute approximate surface area is 84.8 Å². The van der Waals surface area contributed by atoms with Gasteiger partial charge < -0.3 is 0 Å². The molecule has 0 aliphatic carbocycles. The van der Waals surface area contributed by atoms with E-state index in [1.54, 1.807) is 24.8 Å². The Hall–Kier alpha value is 0.716. The largest absolute Gasteiger partial charge is 0.262 e. The molecule has 0 spiro atoms. The molecule has 0 bridgehead atoms. The second-order valence-electron chi connectivity index (χ2n) is 0.894. The summed E-state index contributed by atoms with van der Waals surface area (Å²) in [7, 11) is 0. The first-order valence-corrected chi connectivity index (χ1v) is 1.70. The van der Waals surface area contributed by atoms with Crippen molar-refractivity contribution in [2.75, 3.05) is 0 Å². The van der Waals surface area contributed by atoms with Crippen molar-refractivity contribution >= 4 is 51.4 Å². The maximum atomic E-state index is 3.72. The number of aromatic nitrogens is 2. The van der Waals surface area contributed by atoms with E-state index in [2.05, 4.69) is 9.97 Å². The van der Waals surface area contributed by atoms with Crippen LogP contribution in [0.2, 0.25) is 0 Å². The standard InChI is InChI=1S/C4H4N2.K.H/c1-2-6-4-3-5-1;;/h1-4H;;. The molecule has 0 atom stereocenters. The van der Waals surface area contributed by atoms with Crippen molar-refractivity contribution in [1.29, 1.82) is 0 Å². The van der Waals surface area contributed by atoms with Crippen molar-refractivity contribution in [2.45, 2.75) is 0 Å². The van der Waals surface area contributed by atoms with Gasteiger partial charge in [0.1, 0.15) is 0 Å². The van der Waals surface area contributed by atoms with Crippen LogP contribution in [0, 0.1) is 0 Å². The van der Waals surface area contributed by atoms with Crippen LogP contribution in [0.4, 0.5) is 0 Å². The van der Waals surface area contributed by atoms with Gasteiger partial charge in [0.2, 0.25) is 0 Å². The minimum atomic E-state index is 0. The van der Waals surface area contributed by atoms with E-state index < -0.39 is 0 Å². The van der Waals surface area contributed by atoms with Crippen LogP contribution in [0.1, 0.15) is 0 Å². The zero-order chi connectivity index (χ0) is 4.24. The van der Waals surface area contributed by atoms with E-state index in [1.165, 1.54) is 0 Å². The summed E-state index contributed by atoms with van der Waals surface area (Å²) >= 11 is 0. The van der Waals surface area contributed by atoms with Crippen molar-refractivity contribution < 1.29 is 0 Å². The maximum Gasteiger partial charge on any atom is 0.0451 e. The zero-order valence-corrected chi connectivity index (χ0v) is 3.20. The third-order valence-electron chi connectivity index (χ3n) is 0.478. The molecule has 0 amide bonds. The number of hydrogen-bond donors (Lipinski definition) is 0. The summed E-state index contributed by atoms with van der Waals surface area (Å²) in [5.74, 6) is 0. The SMILES string of the molecule is [KH].c1cnccn1. The maximum absolute atomic E-state index is 3.72. The molecule has 0 fully saturated rings. The fraction of sp³-hybridized carbons (Fsp3) is 0. The fourth-order valence-corrected chi connectivity index (χ4v) is 0.253. The van der Waals surface area contributed by atoms with Gasteiger partial charge in [-0.05, 0) is 0 Å². The summed E-state index contributed by atoms with van der Waals surface area (Å²) in [5.41, 5.74) is 0. The van der Waals surface area contributed by atoms with Gasteiger partial charge >= 0.3 is 51.4 Å². The van der Waals surface area contributed by atoms with Gasteiger partial charge in [-0.2, -0.15) is 0 Å². The fourth-order valence-electron chi connectivity index (χ4n) is 0.253. The average molecular weight is 120 g/mol. The first-order chi connectivity index (χ1) is 3.00. The Morgan fingerprint density at radius 1 is 0.714 bits per heavy atom. The second-order valence-corrected chi connectivity index (χ2v) is 0.894. The number of nitrogens with zero attached hydrogens (tertiary/aromatic N) is 2. The Kier molecular flexibility index (Phi) is 5.36. The molecule has 1 aromatic rings. The molecule has 0 saturated carbocycles. The van der Waals surface area contributed by atoms with Crippen molar-refractivity contribution in [2.24, 2.45) is 0 Å². The van der Waals surface area contributed by atoms with Crippen LogP contribution in [0.15, 0.2) is 24.8 Å². The summed E-state index contributed by atoms with van der Waals surface area (Å²) in [5, 5.41) is 0. The number of hydrogen-bond acceptors (Lipinski definition) is 2. The summed E-state index contributed by atoms with van der Waals surface area (Å²) in [6.07, 6.45) is 6.56. The molecule has 3 heteroatoms. The van der Waals surface area contributed by atoms with Crippen molar-refractivity contribution in [3.05, 3.63) is 24.8 Å². The Morgan fingerprint density at radius 3 is 1.14 bits per heavy atom. The zero-order valence-electron chi connectivity index (χ0n) is 3.20. The van der Waals surface area contributed by atoms with E-state index >= 15 is 0 Å². The van der Waals surface area contributed by atoms with E-state index in [4.69, 9.17) is 0 Å². The van der Waals surface area contributed by atoms with E-state index in [-0.39, 0.29) is 51.4 Å². The predicted octanol–water partition coefficient (Wildman–Crippen LogP) is -0.172. The van der Waals surface area contributed by atoms with E-state index in [1.807, 2.05) is 0 Å². The van der Waals surface area contributed by atoms with Crippen LogP contribution in [0.5, 0.6) is 0 Å². The van der Waals surface area contributed by atoms with Crippen LogP contribution in [0.3, 0.4) is 0 Å². The van der Waals surface area contributed by atoms with Gasteiger partial charge in [0.25, 0.3) is 0 Å². The molecule has 1 heterocycles. The monoisotopic (exact) mass is 120 g/mol. The molecule has 7 heavy (non-hydrogen) atoms. The van der Waals surface area contributed by atoms with E-state index in [9.17, 15) is 0 Å². The Balaban J connectivity index is 0.000000360. The molecule has 2 nitrogen and oxygen atoms in total. The third kappa shape index (κ3) is 3.31. The van der Waals surface area contributed by atoms with Crippen molar-refractivity contribution in [3.8, 4) is 0 Å². The molecule has 1 aromatic heterocycles. The molecule has 32 valence electrons. The first-order valence-electron chi connectivity index (χ1n) is 1.70. The second kappa shape index (κ2) is 4.87. The van der Waals surface area contributed by atoms with Gasteiger partial charge in [-0.15, -0.1) is 0 Å². The summed E-state index contributed by atoms with van der Waals surface area (Å²) in [6, 6.07) is 0. The average Bonchev–Trinajstić information content (AvgIpc) is 1.72. The van der Waals surface area contributed by atoms with E-state index in [0.717, 1.165) is 0 Å². The van der Waals surface area contributed by atoms with Crippen LogP contribution in [-0.2, 0) is 0 Å². The number of rotatable bonds is 0. The predicted molar refractivity (Wildman–Crippen MR) is 29.2 cm³/mol. The first kappa shape index (κ1) is 7.72. The van der Waals surface area contributed by atoms with Crippen LogP contribution in [-0.4, -0.2) is 61.4 Å². The molecule has 1 rings (SSSR count). The third-order valence-corrected chi connectivity index (χ3v) is 0.478. The van der Waals surface area contributed by atoms with Gasteiger partial charge in [-0.1, -0.05) is 0 Å². The Bertz CT molecular complexity index is 81.6. The van der Waals surface area contributed by atoms with Crippen molar-refractivity contribution in [3.63, 3.8) is 0 Å².